The van der Waals surface area contributed by atoms with Crippen molar-refractivity contribution in [1.29, 1.82) is 5.26 Å². The summed E-state index contributed by atoms with van der Waals surface area (Å²) in [6.45, 7) is 4.40. The third-order valence-corrected chi connectivity index (χ3v) is 7.20. The number of hydrogen-bond donors (Lipinski definition) is 2. The number of anilines is 1. The molecule has 2 aromatic heterocycles. The van der Waals surface area contributed by atoms with Gasteiger partial charge in [-0.05, 0) is 54.6 Å². The third kappa shape index (κ3) is 5.77. The van der Waals surface area contributed by atoms with Crippen LogP contribution in [0.2, 0.25) is 0 Å². The molecular weight excluding hydrogens is 504 g/mol. The molecule has 5 rings (SSSR count). The smallest absolute Gasteiger partial charge is 0.262 e. The standard InChI is InChI=1S/C31H32N6O3/c1-36-10-12-37(13-11-36)26-7-5-22(6-8-26)24-16-27-25(20-34-30(27)33-19-24)15-23(17-32)31(38)35-18-21-4-9-28(39-2)29(14-21)40-3/h4-9,14-16,19-20H,10-13,18H2,1-3H3,(H,33,34)(H,35,38)/b23-15+. The monoisotopic (exact) mass is 536 g/mol. The van der Waals surface area contributed by atoms with Crippen molar-refractivity contribution in [3.63, 3.8) is 0 Å². The van der Waals surface area contributed by atoms with Gasteiger partial charge in [0.2, 0.25) is 0 Å². The molecule has 1 aliphatic heterocycles. The predicted molar refractivity (Wildman–Crippen MR) is 156 cm³/mol. The number of carbonyl (C=O) groups is 1. The first-order valence-corrected chi connectivity index (χ1v) is 13.1. The van der Waals surface area contributed by atoms with Crippen molar-refractivity contribution in [2.45, 2.75) is 6.54 Å². The Balaban J connectivity index is 1.32. The van der Waals surface area contributed by atoms with Crippen LogP contribution in [0.25, 0.3) is 28.2 Å². The van der Waals surface area contributed by atoms with E-state index in [0.717, 1.165) is 53.8 Å². The number of carbonyl (C=O) groups excluding carboxylic acids is 1. The molecule has 0 aliphatic carbocycles. The average Bonchev–Trinajstić information content (AvgIpc) is 3.40. The van der Waals surface area contributed by atoms with Crippen LogP contribution in [0.1, 0.15) is 11.1 Å². The van der Waals surface area contributed by atoms with Crippen LogP contribution in [0.4, 0.5) is 5.69 Å². The predicted octanol–water partition coefficient (Wildman–Crippen LogP) is 4.22. The van der Waals surface area contributed by atoms with Crippen molar-refractivity contribution in [1.82, 2.24) is 20.2 Å². The summed E-state index contributed by atoms with van der Waals surface area (Å²) in [5.74, 6) is 0.713. The second-order valence-corrected chi connectivity index (χ2v) is 9.74. The van der Waals surface area contributed by atoms with Crippen LogP contribution in [-0.4, -0.2) is 68.2 Å². The Morgan fingerprint density at radius 1 is 1.05 bits per heavy atom. The molecule has 1 saturated heterocycles. The minimum atomic E-state index is -0.463. The molecular formula is C31H32N6O3. The van der Waals surface area contributed by atoms with Gasteiger partial charge in [0.05, 0.1) is 14.2 Å². The van der Waals surface area contributed by atoms with E-state index in [1.165, 1.54) is 5.69 Å². The molecule has 0 saturated carbocycles. The summed E-state index contributed by atoms with van der Waals surface area (Å²) in [5, 5.41) is 13.4. The normalized spacial score (nSPS) is 14.2. The van der Waals surface area contributed by atoms with Gasteiger partial charge < -0.3 is 29.6 Å². The first kappa shape index (κ1) is 26.8. The number of aromatic amines is 1. The molecule has 1 amide bonds. The molecule has 40 heavy (non-hydrogen) atoms. The summed E-state index contributed by atoms with van der Waals surface area (Å²) in [6.07, 6.45) is 5.18. The first-order valence-electron chi connectivity index (χ1n) is 13.1. The molecule has 0 radical (unpaired) electrons. The molecule has 4 aromatic rings. The molecule has 2 N–H and O–H groups in total. The number of pyridine rings is 1. The van der Waals surface area contributed by atoms with Gasteiger partial charge in [-0.3, -0.25) is 4.79 Å². The van der Waals surface area contributed by atoms with Crippen LogP contribution in [0.5, 0.6) is 11.5 Å². The molecule has 0 atom stereocenters. The van der Waals surface area contributed by atoms with Crippen LogP contribution in [-0.2, 0) is 11.3 Å². The number of aromatic nitrogens is 2. The summed E-state index contributed by atoms with van der Waals surface area (Å²) in [7, 11) is 5.28. The lowest BCUT2D eigenvalue weighted by molar-refractivity contribution is -0.117. The van der Waals surface area contributed by atoms with Gasteiger partial charge in [-0.15, -0.1) is 0 Å². The molecule has 2 aromatic carbocycles. The van der Waals surface area contributed by atoms with E-state index in [-0.39, 0.29) is 12.1 Å². The number of rotatable bonds is 8. The molecule has 0 spiro atoms. The number of hydrogen-bond acceptors (Lipinski definition) is 7. The fourth-order valence-corrected chi connectivity index (χ4v) is 4.80. The zero-order valence-electron chi connectivity index (χ0n) is 22.9. The summed E-state index contributed by atoms with van der Waals surface area (Å²) in [4.78, 5) is 25.3. The highest BCUT2D eigenvalue weighted by Crippen LogP contribution is 2.29. The van der Waals surface area contributed by atoms with E-state index in [1.54, 1.807) is 38.6 Å². The van der Waals surface area contributed by atoms with Crippen molar-refractivity contribution >= 4 is 28.7 Å². The van der Waals surface area contributed by atoms with Gasteiger partial charge in [-0.25, -0.2) is 4.98 Å². The number of likely N-dealkylation sites (N-methyl/N-ethyl adjacent to an activating group) is 1. The Bertz CT molecular complexity index is 1580. The van der Waals surface area contributed by atoms with Crippen LogP contribution >= 0.6 is 0 Å². The van der Waals surface area contributed by atoms with E-state index < -0.39 is 5.91 Å². The van der Waals surface area contributed by atoms with Crippen molar-refractivity contribution in [2.24, 2.45) is 0 Å². The first-order chi connectivity index (χ1) is 19.5. The topological polar surface area (TPSA) is 107 Å². The van der Waals surface area contributed by atoms with E-state index in [9.17, 15) is 10.1 Å². The number of fused-ring (bicyclic) bond motifs is 1. The van der Waals surface area contributed by atoms with E-state index in [2.05, 4.69) is 56.4 Å². The molecule has 9 nitrogen and oxygen atoms in total. The highest BCUT2D eigenvalue weighted by molar-refractivity contribution is 6.04. The summed E-state index contributed by atoms with van der Waals surface area (Å²) >= 11 is 0. The number of H-pyrrole nitrogens is 1. The number of nitrogens with one attached hydrogen (secondary N) is 2. The quantitative estimate of drug-likeness (QED) is 0.257. The Hall–Kier alpha value is -4.81. The highest BCUT2D eigenvalue weighted by atomic mass is 16.5. The number of amides is 1. The number of nitriles is 1. The maximum Gasteiger partial charge on any atom is 0.262 e. The zero-order valence-corrected chi connectivity index (χ0v) is 22.9. The van der Waals surface area contributed by atoms with Gasteiger partial charge in [0.1, 0.15) is 17.3 Å². The largest absolute Gasteiger partial charge is 0.493 e. The maximum atomic E-state index is 12.9. The Morgan fingerprint density at radius 3 is 2.50 bits per heavy atom. The van der Waals surface area contributed by atoms with Gasteiger partial charge in [-0.2, -0.15) is 5.26 Å². The minimum absolute atomic E-state index is 0.00306. The number of benzene rings is 2. The summed E-state index contributed by atoms with van der Waals surface area (Å²) < 4.78 is 10.6. The fourth-order valence-electron chi connectivity index (χ4n) is 4.80. The zero-order chi connectivity index (χ0) is 28.1. The second kappa shape index (κ2) is 11.9. The average molecular weight is 537 g/mol. The second-order valence-electron chi connectivity index (χ2n) is 9.74. The molecule has 0 bridgehead atoms. The number of ether oxygens (including phenoxy) is 2. The van der Waals surface area contributed by atoms with E-state index in [4.69, 9.17) is 9.47 Å². The Kier molecular flexibility index (Phi) is 7.99. The van der Waals surface area contributed by atoms with Gasteiger partial charge in [-0.1, -0.05) is 18.2 Å². The van der Waals surface area contributed by atoms with Crippen LogP contribution in [0.15, 0.2) is 66.5 Å². The van der Waals surface area contributed by atoms with Gasteiger partial charge >= 0.3 is 0 Å². The lowest BCUT2D eigenvalue weighted by Crippen LogP contribution is -2.44. The molecule has 0 unspecified atom stereocenters. The number of piperazine rings is 1. The van der Waals surface area contributed by atoms with Crippen LogP contribution in [0.3, 0.4) is 0 Å². The van der Waals surface area contributed by atoms with E-state index >= 15 is 0 Å². The molecule has 204 valence electrons. The van der Waals surface area contributed by atoms with E-state index in [1.807, 2.05) is 24.4 Å². The van der Waals surface area contributed by atoms with Gasteiger partial charge in [0.25, 0.3) is 5.91 Å². The minimum Gasteiger partial charge on any atom is -0.493 e. The van der Waals surface area contributed by atoms with Crippen LogP contribution in [0, 0.1) is 11.3 Å². The molecule has 9 heteroatoms. The fraction of sp³-hybridized carbons (Fsp3) is 0.258. The van der Waals surface area contributed by atoms with Gasteiger partial charge in [0.15, 0.2) is 11.5 Å². The molecule has 3 heterocycles. The van der Waals surface area contributed by atoms with Crippen molar-refractivity contribution < 1.29 is 14.3 Å². The maximum absolute atomic E-state index is 12.9. The lowest BCUT2D eigenvalue weighted by atomic mass is 10.0. The molecule has 1 aliphatic rings. The summed E-state index contributed by atoms with van der Waals surface area (Å²) in [6, 6.07) is 18.0. The number of methoxy groups -OCH3 is 2. The lowest BCUT2D eigenvalue weighted by Gasteiger charge is -2.34. The van der Waals surface area contributed by atoms with E-state index in [0.29, 0.717) is 17.1 Å². The van der Waals surface area contributed by atoms with Crippen LogP contribution < -0.4 is 19.7 Å². The Labute approximate surface area is 233 Å². The molecule has 1 fully saturated rings. The van der Waals surface area contributed by atoms with Crippen molar-refractivity contribution in [3.8, 4) is 28.7 Å². The van der Waals surface area contributed by atoms with Crippen molar-refractivity contribution in [3.05, 3.63) is 77.6 Å². The highest BCUT2D eigenvalue weighted by Gasteiger charge is 2.15. The van der Waals surface area contributed by atoms with Gasteiger partial charge in [0, 0.05) is 67.3 Å². The number of nitrogens with zero attached hydrogens (tertiary/aromatic N) is 4. The summed E-state index contributed by atoms with van der Waals surface area (Å²) in [5.41, 5.74) is 5.46. The Morgan fingerprint density at radius 2 is 1.80 bits per heavy atom. The third-order valence-electron chi connectivity index (χ3n) is 7.20. The van der Waals surface area contributed by atoms with Crippen molar-refractivity contribution in [2.75, 3.05) is 52.3 Å². The SMILES string of the molecule is COc1ccc(CNC(=O)/C(C#N)=C/c2c[nH]c3ncc(-c4ccc(N5CCN(C)CC5)cc4)cc23)cc1OC.